The van der Waals surface area contributed by atoms with E-state index in [1.165, 1.54) is 38.6 Å². The quantitative estimate of drug-likeness (QED) is 0.652. The van der Waals surface area contributed by atoms with Crippen molar-refractivity contribution in [2.45, 2.75) is 9.79 Å². The number of pyridine rings is 1. The molecule has 2 aromatic carbocycles. The fourth-order valence-electron chi connectivity index (χ4n) is 2.38. The molecular weight excluding hydrogens is 385 g/mol. The van der Waals surface area contributed by atoms with Gasteiger partial charge in [-0.15, -0.1) is 0 Å². The summed E-state index contributed by atoms with van der Waals surface area (Å²) in [5.74, 6) is 0.936. The number of ether oxygens (including phenoxy) is 2. The number of halogens is 2. The Bertz CT molecular complexity index is 1070. The Morgan fingerprint density at radius 1 is 1.00 bits per heavy atom. The Balaban J connectivity index is 2.20. The van der Waals surface area contributed by atoms with Crippen molar-refractivity contribution in [1.82, 2.24) is 4.98 Å². The number of sulfone groups is 1. The SMILES string of the molecule is COc1ccc2ncc(S(=O)(=O)c3ccc(OC)c(Cl)c3)c(Cl)c2c1. The molecule has 0 aliphatic heterocycles. The summed E-state index contributed by atoms with van der Waals surface area (Å²) in [5, 5.41) is 0.757. The summed E-state index contributed by atoms with van der Waals surface area (Å²) in [6, 6.07) is 9.29. The molecule has 25 heavy (non-hydrogen) atoms. The first-order valence-electron chi connectivity index (χ1n) is 7.09. The molecular formula is C17H13Cl2NO4S. The third-order valence-electron chi connectivity index (χ3n) is 3.70. The lowest BCUT2D eigenvalue weighted by Gasteiger charge is -2.11. The van der Waals surface area contributed by atoms with Crippen LogP contribution in [0.3, 0.4) is 0 Å². The minimum atomic E-state index is -3.90. The van der Waals surface area contributed by atoms with E-state index < -0.39 is 9.84 Å². The van der Waals surface area contributed by atoms with Gasteiger partial charge in [-0.2, -0.15) is 0 Å². The maximum atomic E-state index is 12.9. The van der Waals surface area contributed by atoms with Gasteiger partial charge in [-0.1, -0.05) is 23.2 Å². The van der Waals surface area contributed by atoms with Crippen LogP contribution in [0.2, 0.25) is 10.0 Å². The topological polar surface area (TPSA) is 65.5 Å². The molecule has 0 bridgehead atoms. The van der Waals surface area contributed by atoms with E-state index in [4.69, 9.17) is 32.7 Å². The van der Waals surface area contributed by atoms with Crippen molar-refractivity contribution in [3.05, 3.63) is 52.6 Å². The highest BCUT2D eigenvalue weighted by molar-refractivity contribution is 7.91. The van der Waals surface area contributed by atoms with Crippen LogP contribution in [0, 0.1) is 0 Å². The summed E-state index contributed by atoms with van der Waals surface area (Å²) in [4.78, 5) is 4.09. The number of aromatic nitrogens is 1. The van der Waals surface area contributed by atoms with Crippen molar-refractivity contribution in [3.8, 4) is 11.5 Å². The lowest BCUT2D eigenvalue weighted by Crippen LogP contribution is -2.04. The second-order valence-electron chi connectivity index (χ2n) is 5.12. The Labute approximate surface area is 155 Å². The first-order chi connectivity index (χ1) is 11.9. The summed E-state index contributed by atoms with van der Waals surface area (Å²) in [6.45, 7) is 0. The number of hydrogen-bond acceptors (Lipinski definition) is 5. The fourth-order valence-corrected chi connectivity index (χ4v) is 4.52. The monoisotopic (exact) mass is 397 g/mol. The third-order valence-corrected chi connectivity index (χ3v) is 6.28. The first kappa shape index (κ1) is 17.8. The van der Waals surface area contributed by atoms with E-state index in [9.17, 15) is 8.42 Å². The number of rotatable bonds is 4. The lowest BCUT2D eigenvalue weighted by molar-refractivity contribution is 0.414. The summed E-state index contributed by atoms with van der Waals surface area (Å²) in [6.07, 6.45) is 1.24. The van der Waals surface area contributed by atoms with Gasteiger partial charge in [0, 0.05) is 11.6 Å². The number of methoxy groups -OCH3 is 2. The van der Waals surface area contributed by atoms with E-state index >= 15 is 0 Å². The Kier molecular flexibility index (Phi) is 4.77. The van der Waals surface area contributed by atoms with Crippen LogP contribution < -0.4 is 9.47 Å². The Hall–Kier alpha value is -2.02. The molecule has 0 aliphatic carbocycles. The highest BCUT2D eigenvalue weighted by Gasteiger charge is 2.24. The molecule has 3 aromatic rings. The second kappa shape index (κ2) is 6.71. The standard InChI is InChI=1S/C17H13Cl2NO4S/c1-23-10-3-5-14-12(7-10)17(19)16(9-20-14)25(21,22)11-4-6-15(24-2)13(18)8-11/h3-9H,1-2H3. The van der Waals surface area contributed by atoms with Crippen LogP contribution >= 0.6 is 23.2 Å². The van der Waals surface area contributed by atoms with Crippen molar-refractivity contribution in [1.29, 1.82) is 0 Å². The van der Waals surface area contributed by atoms with Crippen LogP contribution in [0.1, 0.15) is 0 Å². The predicted molar refractivity (Wildman–Crippen MR) is 96.8 cm³/mol. The van der Waals surface area contributed by atoms with Crippen LogP contribution in [0.15, 0.2) is 52.4 Å². The Morgan fingerprint density at radius 3 is 2.40 bits per heavy atom. The Morgan fingerprint density at radius 2 is 1.76 bits per heavy atom. The van der Waals surface area contributed by atoms with Gasteiger partial charge in [0.1, 0.15) is 16.4 Å². The molecule has 1 aromatic heterocycles. The van der Waals surface area contributed by atoms with E-state index in [2.05, 4.69) is 4.98 Å². The van der Waals surface area contributed by atoms with Crippen LogP contribution in [0.4, 0.5) is 0 Å². The summed E-state index contributed by atoms with van der Waals surface area (Å²) >= 11 is 12.4. The highest BCUT2D eigenvalue weighted by Crippen LogP contribution is 2.36. The van der Waals surface area contributed by atoms with Gasteiger partial charge >= 0.3 is 0 Å². The molecule has 0 saturated carbocycles. The smallest absolute Gasteiger partial charge is 0.209 e. The van der Waals surface area contributed by atoms with Gasteiger partial charge in [-0.25, -0.2) is 8.42 Å². The molecule has 5 nitrogen and oxygen atoms in total. The van der Waals surface area contributed by atoms with Gasteiger partial charge < -0.3 is 9.47 Å². The molecule has 0 fully saturated rings. The average Bonchev–Trinajstić information content (AvgIpc) is 2.61. The van der Waals surface area contributed by atoms with E-state index in [0.717, 1.165) is 0 Å². The van der Waals surface area contributed by atoms with E-state index in [0.29, 0.717) is 22.4 Å². The predicted octanol–water partition coefficient (Wildman–Crippen LogP) is 4.39. The molecule has 0 spiro atoms. The summed E-state index contributed by atoms with van der Waals surface area (Å²) in [7, 11) is -0.936. The molecule has 8 heteroatoms. The van der Waals surface area contributed by atoms with Gasteiger partial charge in [0.15, 0.2) is 0 Å². The van der Waals surface area contributed by atoms with E-state index in [-0.39, 0.29) is 19.8 Å². The third kappa shape index (κ3) is 3.13. The maximum Gasteiger partial charge on any atom is 0.209 e. The minimum Gasteiger partial charge on any atom is -0.497 e. The fraction of sp³-hybridized carbons (Fsp3) is 0.118. The van der Waals surface area contributed by atoms with Gasteiger partial charge in [-0.05, 0) is 36.4 Å². The molecule has 130 valence electrons. The number of nitrogens with zero attached hydrogens (tertiary/aromatic N) is 1. The molecule has 0 aliphatic rings. The molecule has 0 radical (unpaired) electrons. The van der Waals surface area contributed by atoms with Crippen LogP contribution in [0.5, 0.6) is 11.5 Å². The number of fused-ring (bicyclic) bond motifs is 1. The zero-order valence-electron chi connectivity index (χ0n) is 13.3. The van der Waals surface area contributed by atoms with Crippen LogP contribution in [-0.2, 0) is 9.84 Å². The average molecular weight is 398 g/mol. The first-order valence-corrected chi connectivity index (χ1v) is 9.33. The molecule has 0 atom stereocenters. The van der Waals surface area contributed by atoms with Crippen molar-refractivity contribution < 1.29 is 17.9 Å². The second-order valence-corrected chi connectivity index (χ2v) is 7.82. The zero-order chi connectivity index (χ0) is 18.2. The van der Waals surface area contributed by atoms with Gasteiger partial charge in [-0.3, -0.25) is 4.98 Å². The normalized spacial score (nSPS) is 11.5. The summed E-state index contributed by atoms with van der Waals surface area (Å²) in [5.41, 5.74) is 0.567. The van der Waals surface area contributed by atoms with Crippen LogP contribution in [-0.4, -0.2) is 27.6 Å². The molecule has 0 saturated heterocycles. The minimum absolute atomic E-state index is 0.00393. The zero-order valence-corrected chi connectivity index (χ0v) is 15.6. The maximum absolute atomic E-state index is 12.9. The van der Waals surface area contributed by atoms with Gasteiger partial charge in [0.25, 0.3) is 0 Å². The molecule has 3 rings (SSSR count). The highest BCUT2D eigenvalue weighted by atomic mass is 35.5. The molecule has 0 N–H and O–H groups in total. The van der Waals surface area contributed by atoms with E-state index in [1.807, 2.05) is 0 Å². The van der Waals surface area contributed by atoms with Crippen molar-refractivity contribution in [2.75, 3.05) is 14.2 Å². The molecule has 0 unspecified atom stereocenters. The summed E-state index contributed by atoms with van der Waals surface area (Å²) < 4.78 is 36.1. The van der Waals surface area contributed by atoms with Crippen molar-refractivity contribution >= 4 is 43.9 Å². The molecule has 0 amide bonds. The molecule has 1 heterocycles. The number of hydrogen-bond donors (Lipinski definition) is 0. The van der Waals surface area contributed by atoms with Crippen molar-refractivity contribution in [3.63, 3.8) is 0 Å². The van der Waals surface area contributed by atoms with Gasteiger partial charge in [0.2, 0.25) is 9.84 Å². The lowest BCUT2D eigenvalue weighted by atomic mass is 10.2. The number of benzene rings is 2. The van der Waals surface area contributed by atoms with E-state index in [1.54, 1.807) is 18.2 Å². The van der Waals surface area contributed by atoms with Crippen molar-refractivity contribution in [2.24, 2.45) is 0 Å². The van der Waals surface area contributed by atoms with Crippen LogP contribution in [0.25, 0.3) is 10.9 Å². The largest absolute Gasteiger partial charge is 0.497 e. The van der Waals surface area contributed by atoms with Gasteiger partial charge in [0.05, 0.1) is 34.7 Å².